The van der Waals surface area contributed by atoms with Gasteiger partial charge in [0.1, 0.15) is 0 Å². The van der Waals surface area contributed by atoms with Gasteiger partial charge in [-0.3, -0.25) is 4.79 Å². The number of anilines is 1. The molecule has 0 aliphatic rings. The van der Waals surface area contributed by atoms with E-state index < -0.39 is 0 Å². The molecular formula is C17H20N2O. The Morgan fingerprint density at radius 1 is 1.10 bits per heavy atom. The fourth-order valence-electron chi connectivity index (χ4n) is 2.09. The Bertz CT molecular complexity index is 590. The maximum absolute atomic E-state index is 12.3. The van der Waals surface area contributed by atoms with Gasteiger partial charge >= 0.3 is 0 Å². The summed E-state index contributed by atoms with van der Waals surface area (Å²) in [5, 5.41) is 0. The van der Waals surface area contributed by atoms with Crippen molar-refractivity contribution in [1.82, 2.24) is 0 Å². The molecule has 20 heavy (non-hydrogen) atoms. The number of benzene rings is 2. The minimum atomic E-state index is 0.0831. The molecule has 2 N–H and O–H groups in total. The van der Waals surface area contributed by atoms with Crippen LogP contribution in [0.25, 0.3) is 0 Å². The zero-order valence-corrected chi connectivity index (χ0v) is 12.0. The lowest BCUT2D eigenvalue weighted by Crippen LogP contribution is -2.28. The van der Waals surface area contributed by atoms with E-state index in [2.05, 4.69) is 0 Å². The normalized spacial score (nSPS) is 10.3. The molecule has 0 unspecified atom stereocenters. The summed E-state index contributed by atoms with van der Waals surface area (Å²) < 4.78 is 0. The average Bonchev–Trinajstić information content (AvgIpc) is 2.49. The highest BCUT2D eigenvalue weighted by atomic mass is 16.2. The van der Waals surface area contributed by atoms with Gasteiger partial charge in [0.15, 0.2) is 0 Å². The summed E-state index contributed by atoms with van der Waals surface area (Å²) in [6.45, 7) is 2.54. The molecule has 0 saturated carbocycles. The monoisotopic (exact) mass is 268 g/mol. The predicted octanol–water partition coefficient (Wildman–Crippen LogP) is 2.66. The summed E-state index contributed by atoms with van der Waals surface area (Å²) in [7, 11) is 1.80. The lowest BCUT2D eigenvalue weighted by Gasteiger charge is -2.18. The summed E-state index contributed by atoms with van der Waals surface area (Å²) in [5.74, 6) is 0.0831. The third-order valence-electron chi connectivity index (χ3n) is 3.54. The molecule has 3 nitrogen and oxygen atoms in total. The van der Waals surface area contributed by atoms with Crippen LogP contribution in [0.15, 0.2) is 48.5 Å². The third-order valence-corrected chi connectivity index (χ3v) is 3.54. The van der Waals surface area contributed by atoms with Gasteiger partial charge in [0.2, 0.25) is 5.91 Å². The zero-order chi connectivity index (χ0) is 14.5. The lowest BCUT2D eigenvalue weighted by molar-refractivity contribution is -0.117. The molecule has 2 rings (SSSR count). The van der Waals surface area contributed by atoms with E-state index in [1.54, 1.807) is 11.9 Å². The van der Waals surface area contributed by atoms with Crippen molar-refractivity contribution in [3.05, 3.63) is 65.2 Å². The van der Waals surface area contributed by atoms with E-state index in [4.69, 9.17) is 5.73 Å². The number of rotatable bonds is 4. The Balaban J connectivity index is 2.10. The second kappa shape index (κ2) is 6.35. The summed E-state index contributed by atoms with van der Waals surface area (Å²) >= 11 is 0. The van der Waals surface area contributed by atoms with Crippen molar-refractivity contribution in [2.75, 3.05) is 11.9 Å². The maximum atomic E-state index is 12.3. The van der Waals surface area contributed by atoms with Crippen LogP contribution >= 0.6 is 0 Å². The molecule has 2 aromatic rings. The molecule has 0 aliphatic carbocycles. The van der Waals surface area contributed by atoms with Crippen LogP contribution in [0.2, 0.25) is 0 Å². The van der Waals surface area contributed by atoms with Gasteiger partial charge in [0, 0.05) is 19.3 Å². The molecule has 0 atom stereocenters. The minimum absolute atomic E-state index is 0.0831. The molecule has 1 amide bonds. The predicted molar refractivity (Wildman–Crippen MR) is 82.6 cm³/mol. The van der Waals surface area contributed by atoms with Crippen molar-refractivity contribution >= 4 is 11.6 Å². The Morgan fingerprint density at radius 2 is 1.75 bits per heavy atom. The van der Waals surface area contributed by atoms with E-state index in [1.807, 2.05) is 55.5 Å². The third kappa shape index (κ3) is 3.25. The first-order valence-corrected chi connectivity index (χ1v) is 6.72. The summed E-state index contributed by atoms with van der Waals surface area (Å²) in [5.41, 5.74) is 9.75. The molecule has 104 valence electrons. The van der Waals surface area contributed by atoms with Crippen LogP contribution in [0, 0.1) is 6.92 Å². The van der Waals surface area contributed by atoms with Crippen LogP contribution < -0.4 is 10.6 Å². The van der Waals surface area contributed by atoms with Gasteiger partial charge in [-0.05, 0) is 35.7 Å². The van der Waals surface area contributed by atoms with Crippen LogP contribution in [-0.2, 0) is 17.8 Å². The Morgan fingerprint density at radius 3 is 2.35 bits per heavy atom. The number of amides is 1. The molecular weight excluding hydrogens is 248 g/mol. The zero-order valence-electron chi connectivity index (χ0n) is 12.0. The Kier molecular flexibility index (Phi) is 4.53. The summed E-state index contributed by atoms with van der Waals surface area (Å²) in [6.07, 6.45) is 0.418. The Labute approximate surface area is 120 Å². The van der Waals surface area contributed by atoms with Crippen molar-refractivity contribution in [3.63, 3.8) is 0 Å². The number of carbonyl (C=O) groups excluding carboxylic acids is 1. The van der Waals surface area contributed by atoms with Gasteiger partial charge in [-0.25, -0.2) is 0 Å². The molecule has 3 heteroatoms. The lowest BCUT2D eigenvalue weighted by atomic mass is 10.1. The van der Waals surface area contributed by atoms with Crippen molar-refractivity contribution in [2.45, 2.75) is 19.9 Å². The quantitative estimate of drug-likeness (QED) is 0.926. The molecule has 0 fully saturated rings. The van der Waals surface area contributed by atoms with Crippen LogP contribution in [0.3, 0.4) is 0 Å². The highest BCUT2D eigenvalue weighted by molar-refractivity contribution is 5.94. The molecule has 0 heterocycles. The van der Waals surface area contributed by atoms with E-state index in [0.717, 1.165) is 22.4 Å². The molecule has 0 aliphatic heterocycles. The Hall–Kier alpha value is -2.13. The van der Waals surface area contributed by atoms with Crippen LogP contribution in [0.4, 0.5) is 5.69 Å². The first kappa shape index (κ1) is 14.3. The maximum Gasteiger partial charge on any atom is 0.231 e. The number of nitrogens with zero attached hydrogens (tertiary/aromatic N) is 1. The van der Waals surface area contributed by atoms with E-state index in [-0.39, 0.29) is 5.91 Å². The fourth-order valence-corrected chi connectivity index (χ4v) is 2.09. The van der Waals surface area contributed by atoms with Crippen LogP contribution in [-0.4, -0.2) is 13.0 Å². The van der Waals surface area contributed by atoms with E-state index in [1.165, 1.54) is 0 Å². The minimum Gasteiger partial charge on any atom is -0.326 e. The number of likely N-dealkylation sites (N-methyl/N-ethyl adjacent to an activating group) is 1. The molecule has 0 aromatic heterocycles. The first-order chi connectivity index (χ1) is 9.61. The summed E-state index contributed by atoms with van der Waals surface area (Å²) in [4.78, 5) is 14.0. The van der Waals surface area contributed by atoms with Crippen LogP contribution in [0.5, 0.6) is 0 Å². The van der Waals surface area contributed by atoms with E-state index in [0.29, 0.717) is 13.0 Å². The SMILES string of the molecule is Cc1ccccc1CC(=O)N(C)c1ccc(CN)cc1. The van der Waals surface area contributed by atoms with Crippen molar-refractivity contribution in [1.29, 1.82) is 0 Å². The van der Waals surface area contributed by atoms with Gasteiger partial charge < -0.3 is 10.6 Å². The number of aryl methyl sites for hydroxylation is 1. The van der Waals surface area contributed by atoms with Crippen molar-refractivity contribution < 1.29 is 4.79 Å². The van der Waals surface area contributed by atoms with Gasteiger partial charge in [-0.1, -0.05) is 36.4 Å². The summed E-state index contributed by atoms with van der Waals surface area (Å²) in [6, 6.07) is 15.7. The highest BCUT2D eigenvalue weighted by Crippen LogP contribution is 2.16. The van der Waals surface area contributed by atoms with Gasteiger partial charge in [0.25, 0.3) is 0 Å². The standard InChI is InChI=1S/C17H20N2O/c1-13-5-3-4-6-15(13)11-17(20)19(2)16-9-7-14(12-18)8-10-16/h3-10H,11-12,18H2,1-2H3. The number of nitrogens with two attached hydrogens (primary N) is 1. The first-order valence-electron chi connectivity index (χ1n) is 6.72. The van der Waals surface area contributed by atoms with Gasteiger partial charge in [0.05, 0.1) is 6.42 Å². The smallest absolute Gasteiger partial charge is 0.231 e. The van der Waals surface area contributed by atoms with Crippen molar-refractivity contribution in [2.24, 2.45) is 5.73 Å². The van der Waals surface area contributed by atoms with E-state index in [9.17, 15) is 4.79 Å². The van der Waals surface area contributed by atoms with Gasteiger partial charge in [-0.15, -0.1) is 0 Å². The van der Waals surface area contributed by atoms with Crippen LogP contribution in [0.1, 0.15) is 16.7 Å². The number of hydrogen-bond donors (Lipinski definition) is 1. The topological polar surface area (TPSA) is 46.3 Å². The highest BCUT2D eigenvalue weighted by Gasteiger charge is 2.12. The molecule has 0 radical (unpaired) electrons. The number of carbonyl (C=O) groups is 1. The second-order valence-electron chi connectivity index (χ2n) is 4.93. The fraction of sp³-hybridized carbons (Fsp3) is 0.235. The molecule has 2 aromatic carbocycles. The average molecular weight is 268 g/mol. The molecule has 0 bridgehead atoms. The second-order valence-corrected chi connectivity index (χ2v) is 4.93. The molecule has 0 spiro atoms. The molecule has 0 saturated heterocycles. The van der Waals surface area contributed by atoms with Crippen molar-refractivity contribution in [3.8, 4) is 0 Å². The largest absolute Gasteiger partial charge is 0.326 e. The van der Waals surface area contributed by atoms with E-state index >= 15 is 0 Å². The van der Waals surface area contributed by atoms with Gasteiger partial charge in [-0.2, -0.15) is 0 Å². The number of hydrogen-bond acceptors (Lipinski definition) is 2.